The maximum atomic E-state index is 15.2. The molecule has 3 aromatic rings. The molecule has 0 spiro atoms. The summed E-state index contributed by atoms with van der Waals surface area (Å²) in [5, 5.41) is 13.5. The van der Waals surface area contributed by atoms with Gasteiger partial charge in [-0.2, -0.15) is 5.10 Å². The third kappa shape index (κ3) is 3.72. The number of rotatable bonds is 7. The Labute approximate surface area is 201 Å². The van der Waals surface area contributed by atoms with E-state index in [1.54, 1.807) is 12.3 Å². The van der Waals surface area contributed by atoms with E-state index >= 15 is 4.39 Å². The SMILES string of the molecule is O=C(NC12CC(C1)C2)O[C@H]1CC[C@@H](c2cc(Nc3nccc4nc(CN5CCC5)cn34)n[nH]2)[C@H]1F. The number of nitrogens with one attached hydrogen (secondary N) is 3. The number of anilines is 2. The Hall–Kier alpha value is -3.21. The van der Waals surface area contributed by atoms with Crippen LogP contribution in [0.15, 0.2) is 24.5 Å². The van der Waals surface area contributed by atoms with E-state index in [4.69, 9.17) is 9.72 Å². The summed E-state index contributed by atoms with van der Waals surface area (Å²) >= 11 is 0. The number of imidazole rings is 1. The van der Waals surface area contributed by atoms with Gasteiger partial charge in [0.1, 0.15) is 17.9 Å². The van der Waals surface area contributed by atoms with Crippen LogP contribution >= 0.6 is 0 Å². The standard InChI is InChI=1S/C24H29FN8O2/c25-21-16(2-3-18(21)35-23(34)29-24-9-14(10-24)11-24)17-8-19(31-30-17)28-22-26-5-4-20-27-15(13-33(20)22)12-32-6-1-7-32/h4-5,8,13-14,16,18,21H,1-3,6-7,9-12H2,(H,29,34)(H2,26,28,30,31)/t14?,16-,18-,21+,24?/m0/s1. The molecule has 3 atom stereocenters. The molecular weight excluding hydrogens is 451 g/mol. The Balaban J connectivity index is 1.00. The summed E-state index contributed by atoms with van der Waals surface area (Å²) in [6.07, 6.45) is 6.60. The van der Waals surface area contributed by atoms with Crippen LogP contribution in [0, 0.1) is 5.92 Å². The van der Waals surface area contributed by atoms with Crippen LogP contribution in [0.25, 0.3) is 5.65 Å². The van der Waals surface area contributed by atoms with Gasteiger partial charge in [0.25, 0.3) is 0 Å². The lowest BCUT2D eigenvalue weighted by molar-refractivity contribution is -0.0532. The van der Waals surface area contributed by atoms with Gasteiger partial charge in [0, 0.05) is 42.2 Å². The van der Waals surface area contributed by atoms with Gasteiger partial charge < -0.3 is 15.4 Å². The van der Waals surface area contributed by atoms with E-state index in [1.165, 1.54) is 6.42 Å². The van der Waals surface area contributed by atoms with Gasteiger partial charge in [-0.15, -0.1) is 0 Å². The predicted molar refractivity (Wildman–Crippen MR) is 125 cm³/mol. The second-order valence-corrected chi connectivity index (χ2v) is 10.6. The number of fused-ring (bicyclic) bond motifs is 1. The number of alkyl carbamates (subject to hydrolysis) is 1. The summed E-state index contributed by atoms with van der Waals surface area (Å²) in [5.41, 5.74) is 2.42. The molecular formula is C24H29FN8O2. The molecule has 2 bridgehead atoms. The third-order valence-corrected chi connectivity index (χ3v) is 8.17. The zero-order valence-corrected chi connectivity index (χ0v) is 19.4. The van der Waals surface area contributed by atoms with Crippen molar-refractivity contribution in [1.29, 1.82) is 0 Å². The monoisotopic (exact) mass is 480 g/mol. The number of carbonyl (C=O) groups is 1. The van der Waals surface area contributed by atoms with Crippen molar-refractivity contribution in [2.24, 2.45) is 5.92 Å². The van der Waals surface area contributed by atoms with Crippen molar-refractivity contribution in [2.45, 2.75) is 68.8 Å². The Kier molecular flexibility index (Phi) is 4.77. The molecule has 4 heterocycles. The number of H-pyrrole nitrogens is 1. The fraction of sp³-hybridized carbons (Fsp3) is 0.583. The lowest BCUT2D eigenvalue weighted by atomic mass is 9.50. The molecule has 4 saturated carbocycles. The number of carbonyl (C=O) groups excluding carboxylic acids is 1. The maximum Gasteiger partial charge on any atom is 0.407 e. The van der Waals surface area contributed by atoms with Crippen molar-refractivity contribution in [3.8, 4) is 0 Å². The van der Waals surface area contributed by atoms with Gasteiger partial charge in [0.05, 0.1) is 5.69 Å². The zero-order chi connectivity index (χ0) is 23.6. The van der Waals surface area contributed by atoms with Crippen LogP contribution in [0.3, 0.4) is 0 Å². The largest absolute Gasteiger partial charge is 0.443 e. The highest BCUT2D eigenvalue weighted by molar-refractivity contribution is 5.69. The van der Waals surface area contributed by atoms with Crippen LogP contribution in [-0.4, -0.2) is 66.5 Å². The van der Waals surface area contributed by atoms with Crippen molar-refractivity contribution in [3.63, 3.8) is 0 Å². The van der Waals surface area contributed by atoms with Crippen molar-refractivity contribution < 1.29 is 13.9 Å². The number of likely N-dealkylation sites (tertiary alicyclic amines) is 1. The zero-order valence-electron chi connectivity index (χ0n) is 19.4. The number of ether oxygens (including phenoxy) is 1. The molecule has 8 rings (SSSR count). The first-order valence-corrected chi connectivity index (χ1v) is 12.5. The minimum Gasteiger partial charge on any atom is -0.443 e. The van der Waals surface area contributed by atoms with Gasteiger partial charge >= 0.3 is 6.09 Å². The Morgan fingerprint density at radius 3 is 2.89 bits per heavy atom. The topological polar surface area (TPSA) is 112 Å². The molecule has 1 saturated heterocycles. The fourth-order valence-electron chi connectivity index (χ4n) is 6.00. The van der Waals surface area contributed by atoms with E-state index in [2.05, 4.69) is 30.7 Å². The predicted octanol–water partition coefficient (Wildman–Crippen LogP) is 3.26. The number of alkyl halides is 1. The highest BCUT2D eigenvalue weighted by Crippen LogP contribution is 2.57. The smallest absolute Gasteiger partial charge is 0.407 e. The van der Waals surface area contributed by atoms with Gasteiger partial charge in [0.2, 0.25) is 5.95 Å². The van der Waals surface area contributed by atoms with Gasteiger partial charge in [-0.3, -0.25) is 14.4 Å². The van der Waals surface area contributed by atoms with Gasteiger partial charge in [0.15, 0.2) is 5.82 Å². The summed E-state index contributed by atoms with van der Waals surface area (Å²) in [5.74, 6) is 1.51. The Morgan fingerprint density at radius 1 is 1.29 bits per heavy atom. The Morgan fingerprint density at radius 2 is 2.14 bits per heavy atom. The first kappa shape index (κ1) is 21.1. The lowest BCUT2D eigenvalue weighted by Gasteiger charge is -2.61. The van der Waals surface area contributed by atoms with Crippen molar-refractivity contribution in [2.75, 3.05) is 18.4 Å². The molecule has 1 aliphatic heterocycles. The number of nitrogens with zero attached hydrogens (tertiary/aromatic N) is 5. The minimum absolute atomic E-state index is 0.0721. The normalized spacial score (nSPS) is 31.5. The summed E-state index contributed by atoms with van der Waals surface area (Å²) in [4.78, 5) is 23.8. The van der Waals surface area contributed by atoms with Crippen LogP contribution in [0.4, 0.5) is 21.0 Å². The second-order valence-electron chi connectivity index (χ2n) is 10.6. The maximum absolute atomic E-state index is 15.2. The lowest BCUT2D eigenvalue weighted by Crippen LogP contribution is -2.68. The minimum atomic E-state index is -1.28. The number of amides is 1. The molecule has 3 N–H and O–H groups in total. The van der Waals surface area contributed by atoms with Crippen LogP contribution in [0.1, 0.15) is 55.8 Å². The molecule has 5 fully saturated rings. The van der Waals surface area contributed by atoms with Crippen LogP contribution < -0.4 is 10.6 Å². The third-order valence-electron chi connectivity index (χ3n) is 8.17. The van der Waals surface area contributed by atoms with Crippen molar-refractivity contribution in [3.05, 3.63) is 35.9 Å². The molecule has 0 radical (unpaired) electrons. The first-order valence-electron chi connectivity index (χ1n) is 12.5. The van der Waals surface area contributed by atoms with E-state index in [-0.39, 0.29) is 5.54 Å². The van der Waals surface area contributed by atoms with E-state index in [0.29, 0.717) is 30.3 Å². The molecule has 1 amide bonds. The summed E-state index contributed by atoms with van der Waals surface area (Å²) in [7, 11) is 0. The van der Waals surface area contributed by atoms with E-state index in [0.717, 1.165) is 56.2 Å². The molecule has 10 nitrogen and oxygen atoms in total. The molecule has 5 aliphatic rings. The molecule has 184 valence electrons. The Bertz CT molecular complexity index is 1250. The van der Waals surface area contributed by atoms with Gasteiger partial charge in [-0.1, -0.05) is 0 Å². The summed E-state index contributed by atoms with van der Waals surface area (Å²) in [6, 6.07) is 3.68. The summed E-state index contributed by atoms with van der Waals surface area (Å²) in [6.45, 7) is 3.06. The highest BCUT2D eigenvalue weighted by atomic mass is 19.1. The van der Waals surface area contributed by atoms with Gasteiger partial charge in [-0.05, 0) is 63.6 Å². The number of hydrogen-bond donors (Lipinski definition) is 3. The molecule has 0 unspecified atom stereocenters. The van der Waals surface area contributed by atoms with Crippen molar-refractivity contribution >= 4 is 23.5 Å². The second kappa shape index (κ2) is 7.91. The molecule has 4 aliphatic carbocycles. The average Bonchev–Trinajstić information content (AvgIpc) is 3.47. The molecule has 11 heteroatoms. The van der Waals surface area contributed by atoms with Gasteiger partial charge in [-0.25, -0.2) is 19.2 Å². The summed E-state index contributed by atoms with van der Waals surface area (Å²) < 4.78 is 22.6. The molecule has 3 aromatic heterocycles. The van der Waals surface area contributed by atoms with Crippen LogP contribution in [0.5, 0.6) is 0 Å². The number of halogens is 1. The molecule has 0 aromatic carbocycles. The molecule has 35 heavy (non-hydrogen) atoms. The van der Waals surface area contributed by atoms with Crippen LogP contribution in [0.2, 0.25) is 0 Å². The highest BCUT2D eigenvalue weighted by Gasteiger charge is 2.58. The van der Waals surface area contributed by atoms with E-state index in [9.17, 15) is 4.79 Å². The van der Waals surface area contributed by atoms with Crippen LogP contribution in [-0.2, 0) is 11.3 Å². The quantitative estimate of drug-likeness (QED) is 0.476. The number of aromatic nitrogens is 5. The van der Waals surface area contributed by atoms with E-state index < -0.39 is 24.3 Å². The fourth-order valence-corrected chi connectivity index (χ4v) is 6.00. The average molecular weight is 481 g/mol. The van der Waals surface area contributed by atoms with Crippen molar-refractivity contribution in [1.82, 2.24) is 34.8 Å². The number of aromatic amines is 1. The number of hydrogen-bond acceptors (Lipinski definition) is 7. The first-order chi connectivity index (χ1) is 17.0. The van der Waals surface area contributed by atoms with E-state index in [1.807, 2.05) is 16.7 Å².